The van der Waals surface area contributed by atoms with Crippen LogP contribution in [0.5, 0.6) is 11.5 Å². The molecule has 4 aromatic rings. The molecule has 0 aromatic heterocycles. The summed E-state index contributed by atoms with van der Waals surface area (Å²) in [5.41, 5.74) is 3.99. The van der Waals surface area contributed by atoms with Crippen molar-refractivity contribution in [1.29, 1.82) is 0 Å². The second-order valence-corrected chi connectivity index (χ2v) is 11.1. The Hall–Kier alpha value is -3.34. The molecule has 6 rings (SSSR count). The highest BCUT2D eigenvalue weighted by Crippen LogP contribution is 2.50. The predicted octanol–water partition coefficient (Wildman–Crippen LogP) is 6.62. The summed E-state index contributed by atoms with van der Waals surface area (Å²) in [6.45, 7) is 2.43. The molecule has 4 aromatic carbocycles. The highest BCUT2D eigenvalue weighted by Gasteiger charge is 2.24. The first-order valence-electron chi connectivity index (χ1n) is 13.0. The molecular weight excluding hydrogens is 544 g/mol. The van der Waals surface area contributed by atoms with Crippen LogP contribution in [0.4, 0.5) is 11.4 Å². The van der Waals surface area contributed by atoms with E-state index in [1.54, 1.807) is 30.6 Å². The second-order valence-electron chi connectivity index (χ2n) is 9.03. The van der Waals surface area contributed by atoms with Gasteiger partial charge in [0.25, 0.3) is 0 Å². The summed E-state index contributed by atoms with van der Waals surface area (Å²) in [7, 11) is 1.66. The van der Waals surface area contributed by atoms with Gasteiger partial charge in [0.1, 0.15) is 34.8 Å². The first kappa shape index (κ1) is 26.9. The number of nitrogens with zero attached hydrogens (tertiary/aromatic N) is 2. The van der Waals surface area contributed by atoms with Gasteiger partial charge in [-0.15, -0.1) is 0 Å². The standard InChI is InChI=1S/C31H28N2O5S2/c1-35-16-17-36-18-19-38-23-8-4-21(5-9-23)31-33-25-11-12-26-28-24(10-13-27(40-31)29(25)28)32-30(39-26)20-2-6-22(7-3-20)37-15-14-34/h2-13,34H,14-19H2,1H3. The summed E-state index contributed by atoms with van der Waals surface area (Å²) in [4.78, 5) is 12.4. The summed E-state index contributed by atoms with van der Waals surface area (Å²) in [5.74, 6) is 1.53. The molecule has 204 valence electrons. The number of thioether (sulfide) groups is 2. The third kappa shape index (κ3) is 5.75. The Morgan fingerprint density at radius 2 is 1.10 bits per heavy atom. The van der Waals surface area contributed by atoms with Gasteiger partial charge in [0.05, 0.1) is 37.8 Å². The molecule has 40 heavy (non-hydrogen) atoms. The largest absolute Gasteiger partial charge is 0.491 e. The second kappa shape index (κ2) is 12.4. The maximum absolute atomic E-state index is 8.98. The minimum Gasteiger partial charge on any atom is -0.491 e. The van der Waals surface area contributed by atoms with Crippen LogP contribution in [0.25, 0.3) is 10.8 Å². The molecule has 0 aliphatic carbocycles. The number of hydrogen-bond donors (Lipinski definition) is 1. The van der Waals surface area contributed by atoms with E-state index in [1.165, 1.54) is 9.79 Å². The number of methoxy groups -OCH3 is 1. The zero-order valence-corrected chi connectivity index (χ0v) is 23.6. The van der Waals surface area contributed by atoms with Crippen LogP contribution in [0, 0.1) is 0 Å². The van der Waals surface area contributed by atoms with Crippen LogP contribution in [0.2, 0.25) is 0 Å². The summed E-state index contributed by atoms with van der Waals surface area (Å²) >= 11 is 3.35. The van der Waals surface area contributed by atoms with Crippen molar-refractivity contribution in [3.63, 3.8) is 0 Å². The van der Waals surface area contributed by atoms with Gasteiger partial charge >= 0.3 is 0 Å². The SMILES string of the molecule is COCCOCCOc1ccc(C2=Nc3ccc4c5c(ccc(c35)S2)N=C(c2ccc(OCCO)cc2)S4)cc1. The van der Waals surface area contributed by atoms with E-state index < -0.39 is 0 Å². The Morgan fingerprint density at radius 3 is 1.60 bits per heavy atom. The van der Waals surface area contributed by atoms with Crippen LogP contribution in [-0.4, -0.2) is 61.9 Å². The molecule has 2 heterocycles. The monoisotopic (exact) mass is 572 g/mol. The summed E-state index contributed by atoms with van der Waals surface area (Å²) in [5, 5.41) is 13.2. The van der Waals surface area contributed by atoms with Gasteiger partial charge in [-0.25, -0.2) is 9.98 Å². The van der Waals surface area contributed by atoms with Crippen molar-refractivity contribution in [2.75, 3.05) is 46.8 Å². The van der Waals surface area contributed by atoms with Crippen LogP contribution in [0.3, 0.4) is 0 Å². The fourth-order valence-electron chi connectivity index (χ4n) is 4.49. The number of rotatable bonds is 12. The number of benzene rings is 4. The molecule has 2 aliphatic rings. The van der Waals surface area contributed by atoms with E-state index >= 15 is 0 Å². The van der Waals surface area contributed by atoms with E-state index in [4.69, 9.17) is 34.0 Å². The van der Waals surface area contributed by atoms with E-state index in [2.05, 4.69) is 24.3 Å². The fourth-order valence-corrected chi connectivity index (χ4v) is 6.59. The molecule has 0 atom stereocenters. The van der Waals surface area contributed by atoms with Gasteiger partial charge in [0.2, 0.25) is 0 Å². The molecule has 7 nitrogen and oxygen atoms in total. The predicted molar refractivity (Wildman–Crippen MR) is 162 cm³/mol. The summed E-state index contributed by atoms with van der Waals surface area (Å²) in [6.07, 6.45) is 0. The van der Waals surface area contributed by atoms with Gasteiger partial charge < -0.3 is 24.1 Å². The molecule has 2 aliphatic heterocycles. The Balaban J connectivity index is 1.21. The number of hydrogen-bond acceptors (Lipinski definition) is 9. The van der Waals surface area contributed by atoms with Crippen molar-refractivity contribution < 1.29 is 24.1 Å². The van der Waals surface area contributed by atoms with Crippen molar-refractivity contribution in [2.45, 2.75) is 9.79 Å². The average Bonchev–Trinajstić information content (AvgIpc) is 3.00. The number of aliphatic imine (C=N–C) groups is 2. The van der Waals surface area contributed by atoms with Crippen molar-refractivity contribution in [1.82, 2.24) is 0 Å². The molecule has 0 saturated heterocycles. The Labute approximate surface area is 241 Å². The van der Waals surface area contributed by atoms with Gasteiger partial charge in [-0.05, 0) is 72.8 Å². The van der Waals surface area contributed by atoms with Gasteiger partial charge in [-0.3, -0.25) is 0 Å². The number of aliphatic hydroxyl groups excluding tert-OH is 1. The van der Waals surface area contributed by atoms with Crippen LogP contribution in [0.1, 0.15) is 11.1 Å². The molecule has 0 amide bonds. The van der Waals surface area contributed by atoms with E-state index in [-0.39, 0.29) is 13.2 Å². The Kier molecular flexibility index (Phi) is 8.36. The third-order valence-electron chi connectivity index (χ3n) is 6.39. The van der Waals surface area contributed by atoms with Crippen LogP contribution >= 0.6 is 23.5 Å². The highest BCUT2D eigenvalue weighted by molar-refractivity contribution is 8.15. The summed E-state index contributed by atoms with van der Waals surface area (Å²) in [6, 6.07) is 24.4. The minimum absolute atomic E-state index is 0.00728. The Morgan fingerprint density at radius 1 is 0.600 bits per heavy atom. The number of aliphatic hydroxyl groups is 1. The maximum Gasteiger partial charge on any atom is 0.119 e. The van der Waals surface area contributed by atoms with Crippen molar-refractivity contribution in [2.24, 2.45) is 9.98 Å². The molecule has 0 fully saturated rings. The summed E-state index contributed by atoms with van der Waals surface area (Å²) < 4.78 is 21.7. The van der Waals surface area contributed by atoms with E-state index in [9.17, 15) is 0 Å². The normalized spacial score (nSPS) is 13.7. The average molecular weight is 573 g/mol. The van der Waals surface area contributed by atoms with E-state index in [1.807, 2.05) is 48.5 Å². The molecule has 1 N–H and O–H groups in total. The quantitative estimate of drug-likeness (QED) is 0.191. The lowest BCUT2D eigenvalue weighted by Crippen LogP contribution is -2.10. The molecule has 0 unspecified atom stereocenters. The molecule has 0 saturated carbocycles. The van der Waals surface area contributed by atoms with Crippen molar-refractivity contribution in [3.05, 3.63) is 83.9 Å². The number of ether oxygens (including phenoxy) is 4. The van der Waals surface area contributed by atoms with Gasteiger partial charge in [0, 0.05) is 38.8 Å². The first-order valence-corrected chi connectivity index (χ1v) is 14.6. The van der Waals surface area contributed by atoms with E-state index in [0.717, 1.165) is 54.9 Å². The molecule has 0 spiro atoms. The fraction of sp³-hybridized carbons (Fsp3) is 0.226. The molecule has 0 radical (unpaired) electrons. The highest BCUT2D eigenvalue weighted by atomic mass is 32.2. The van der Waals surface area contributed by atoms with Gasteiger partial charge in [-0.2, -0.15) is 0 Å². The lowest BCUT2D eigenvalue weighted by Gasteiger charge is -2.22. The molecular formula is C31H28N2O5S2. The van der Waals surface area contributed by atoms with Crippen LogP contribution in [0.15, 0.2) is 92.6 Å². The van der Waals surface area contributed by atoms with Crippen molar-refractivity contribution >= 4 is 55.8 Å². The van der Waals surface area contributed by atoms with Crippen LogP contribution < -0.4 is 9.47 Å². The van der Waals surface area contributed by atoms with Crippen molar-refractivity contribution in [3.8, 4) is 11.5 Å². The lowest BCUT2D eigenvalue weighted by atomic mass is 10.1. The minimum atomic E-state index is -0.00728. The van der Waals surface area contributed by atoms with E-state index in [0.29, 0.717) is 26.4 Å². The lowest BCUT2D eigenvalue weighted by molar-refractivity contribution is 0.0544. The topological polar surface area (TPSA) is 81.9 Å². The first-order chi connectivity index (χ1) is 19.7. The van der Waals surface area contributed by atoms with Crippen LogP contribution in [-0.2, 0) is 9.47 Å². The zero-order chi connectivity index (χ0) is 27.3. The molecule has 0 bridgehead atoms. The maximum atomic E-state index is 8.98. The smallest absolute Gasteiger partial charge is 0.119 e. The van der Waals surface area contributed by atoms with Gasteiger partial charge in [0.15, 0.2) is 0 Å². The zero-order valence-electron chi connectivity index (χ0n) is 22.0. The third-order valence-corrected chi connectivity index (χ3v) is 8.55. The Bertz CT molecular complexity index is 1570. The van der Waals surface area contributed by atoms with Gasteiger partial charge in [-0.1, -0.05) is 23.5 Å². The molecule has 9 heteroatoms.